The molecule has 8 heteroatoms. The van der Waals surface area contributed by atoms with Crippen LogP contribution < -0.4 is 10.6 Å². The molecule has 0 unspecified atom stereocenters. The quantitative estimate of drug-likeness (QED) is 0.349. The zero-order valence-electron chi connectivity index (χ0n) is 17.6. The van der Waals surface area contributed by atoms with E-state index in [1.165, 1.54) is 0 Å². The van der Waals surface area contributed by atoms with Crippen LogP contribution >= 0.6 is 0 Å². The molecule has 0 radical (unpaired) electrons. The van der Waals surface area contributed by atoms with E-state index in [1.807, 2.05) is 62.4 Å². The van der Waals surface area contributed by atoms with Gasteiger partial charge in [0, 0.05) is 12.8 Å². The Hall–Kier alpha value is -3.68. The highest BCUT2D eigenvalue weighted by Gasteiger charge is 2.16. The van der Waals surface area contributed by atoms with Crippen molar-refractivity contribution in [2.24, 2.45) is 0 Å². The van der Waals surface area contributed by atoms with Crippen LogP contribution in [0.4, 0.5) is 0 Å². The van der Waals surface area contributed by atoms with Gasteiger partial charge in [0.1, 0.15) is 11.6 Å². The molecule has 160 valence electrons. The second-order valence-corrected chi connectivity index (χ2v) is 7.71. The van der Waals surface area contributed by atoms with Crippen molar-refractivity contribution >= 4 is 33.9 Å². The molecule has 2 atom stereocenters. The van der Waals surface area contributed by atoms with Gasteiger partial charge in [-0.2, -0.15) is 0 Å². The fraction of sp³-hybridized carbons (Fsp3) is 0.304. The smallest absolute Gasteiger partial charge is 0.220 e. The maximum absolute atomic E-state index is 12.3. The van der Waals surface area contributed by atoms with Crippen LogP contribution in [0.25, 0.3) is 22.1 Å². The van der Waals surface area contributed by atoms with Crippen molar-refractivity contribution in [3.63, 3.8) is 0 Å². The van der Waals surface area contributed by atoms with Gasteiger partial charge in [-0.05, 0) is 44.5 Å². The van der Waals surface area contributed by atoms with Gasteiger partial charge in [-0.15, -0.1) is 0 Å². The number of para-hydroxylation sites is 4. The predicted molar refractivity (Wildman–Crippen MR) is 119 cm³/mol. The molecule has 0 aliphatic rings. The Kier molecular flexibility index (Phi) is 5.97. The lowest BCUT2D eigenvalue weighted by atomic mass is 10.2. The maximum atomic E-state index is 12.3. The molecule has 0 aliphatic heterocycles. The number of benzene rings is 2. The van der Waals surface area contributed by atoms with Crippen LogP contribution in [0.5, 0.6) is 0 Å². The fourth-order valence-electron chi connectivity index (χ4n) is 3.53. The number of aromatic nitrogens is 4. The van der Waals surface area contributed by atoms with Gasteiger partial charge in [-0.1, -0.05) is 24.3 Å². The minimum atomic E-state index is -0.234. The van der Waals surface area contributed by atoms with E-state index in [0.29, 0.717) is 18.1 Å². The Morgan fingerprint density at radius 3 is 1.61 bits per heavy atom. The van der Waals surface area contributed by atoms with Crippen molar-refractivity contribution in [2.45, 2.75) is 45.2 Å². The fourth-order valence-corrected chi connectivity index (χ4v) is 3.53. The molecule has 4 aromatic rings. The van der Waals surface area contributed by atoms with Gasteiger partial charge >= 0.3 is 0 Å². The zero-order chi connectivity index (χ0) is 21.8. The third-order valence-electron chi connectivity index (χ3n) is 5.20. The summed E-state index contributed by atoms with van der Waals surface area (Å²) in [7, 11) is 0. The van der Waals surface area contributed by atoms with E-state index < -0.39 is 0 Å². The molecule has 2 heterocycles. The summed E-state index contributed by atoms with van der Waals surface area (Å²) < 4.78 is 0. The zero-order valence-corrected chi connectivity index (χ0v) is 17.6. The SMILES string of the molecule is C[C@H](NC(=O)CCCC(=O)N[C@@H](C)c1nc2ccccc2[nH]1)c1nc2ccccc2[nH]1. The third-order valence-corrected chi connectivity index (χ3v) is 5.20. The first-order valence-corrected chi connectivity index (χ1v) is 10.5. The van der Waals surface area contributed by atoms with E-state index >= 15 is 0 Å². The molecule has 0 aliphatic carbocycles. The van der Waals surface area contributed by atoms with Crippen molar-refractivity contribution in [1.29, 1.82) is 0 Å². The standard InChI is InChI=1S/C23H26N6O2/c1-14(22-26-16-8-3-4-9-17(16)27-22)24-20(30)12-7-13-21(31)25-15(2)23-28-18-10-5-6-11-19(18)29-23/h3-6,8-11,14-15H,7,12-13H2,1-2H3,(H,24,30)(H,25,31)(H,26,27)(H,28,29)/t14-,15-/m0/s1. The Morgan fingerprint density at radius 2 is 1.19 bits per heavy atom. The van der Waals surface area contributed by atoms with Gasteiger partial charge in [0.25, 0.3) is 0 Å². The molecule has 0 fully saturated rings. The number of nitrogens with zero attached hydrogens (tertiary/aromatic N) is 2. The first kappa shape index (κ1) is 20.6. The summed E-state index contributed by atoms with van der Waals surface area (Å²) in [5.74, 6) is 1.22. The molecule has 2 aromatic heterocycles. The first-order chi connectivity index (χ1) is 15.0. The summed E-state index contributed by atoms with van der Waals surface area (Å²) in [5, 5.41) is 5.87. The van der Waals surface area contributed by atoms with Crippen LogP contribution in [0.15, 0.2) is 48.5 Å². The second-order valence-electron chi connectivity index (χ2n) is 7.71. The predicted octanol–water partition coefficient (Wildman–Crippen LogP) is 3.66. The largest absolute Gasteiger partial charge is 0.346 e. The highest BCUT2D eigenvalue weighted by molar-refractivity contribution is 5.80. The number of rotatable bonds is 8. The summed E-state index contributed by atoms with van der Waals surface area (Å²) in [4.78, 5) is 40.0. The van der Waals surface area contributed by atoms with Gasteiger partial charge in [0.05, 0.1) is 34.2 Å². The average Bonchev–Trinajstić information content (AvgIpc) is 3.38. The summed E-state index contributed by atoms with van der Waals surface area (Å²) in [6.07, 6.45) is 1.02. The molecule has 8 nitrogen and oxygen atoms in total. The molecule has 31 heavy (non-hydrogen) atoms. The third kappa shape index (κ3) is 4.91. The molecule has 2 amide bonds. The monoisotopic (exact) mass is 418 g/mol. The van der Waals surface area contributed by atoms with Gasteiger partial charge < -0.3 is 20.6 Å². The van der Waals surface area contributed by atoms with Gasteiger partial charge in [-0.3, -0.25) is 9.59 Å². The molecule has 0 saturated heterocycles. The highest BCUT2D eigenvalue weighted by Crippen LogP contribution is 2.17. The Labute approximate surface area is 179 Å². The number of nitrogens with one attached hydrogen (secondary N) is 4. The van der Waals surface area contributed by atoms with Crippen LogP contribution in [0.1, 0.15) is 56.8 Å². The number of fused-ring (bicyclic) bond motifs is 2. The number of amides is 2. The summed E-state index contributed by atoms with van der Waals surface area (Å²) in [6, 6.07) is 15.0. The number of hydrogen-bond donors (Lipinski definition) is 4. The molecular weight excluding hydrogens is 392 g/mol. The Bertz CT molecular complexity index is 1050. The Balaban J connectivity index is 1.21. The Morgan fingerprint density at radius 1 is 0.774 bits per heavy atom. The minimum Gasteiger partial charge on any atom is -0.346 e. The number of carbonyl (C=O) groups is 2. The van der Waals surface area contributed by atoms with E-state index in [1.54, 1.807) is 0 Å². The lowest BCUT2D eigenvalue weighted by molar-refractivity contribution is -0.123. The number of carbonyl (C=O) groups excluding carboxylic acids is 2. The van der Waals surface area contributed by atoms with E-state index in [9.17, 15) is 9.59 Å². The molecule has 0 saturated carbocycles. The topological polar surface area (TPSA) is 116 Å². The lowest BCUT2D eigenvalue weighted by Crippen LogP contribution is -2.29. The second kappa shape index (κ2) is 8.99. The molecule has 2 aromatic carbocycles. The van der Waals surface area contributed by atoms with Crippen molar-refractivity contribution in [3.8, 4) is 0 Å². The van der Waals surface area contributed by atoms with Crippen LogP contribution in [0.2, 0.25) is 0 Å². The van der Waals surface area contributed by atoms with E-state index in [2.05, 4.69) is 30.6 Å². The van der Waals surface area contributed by atoms with Crippen molar-refractivity contribution in [3.05, 3.63) is 60.2 Å². The van der Waals surface area contributed by atoms with E-state index in [-0.39, 0.29) is 36.7 Å². The van der Waals surface area contributed by atoms with Crippen LogP contribution in [-0.4, -0.2) is 31.8 Å². The van der Waals surface area contributed by atoms with Gasteiger partial charge in [0.15, 0.2) is 0 Å². The molecule has 4 rings (SSSR count). The van der Waals surface area contributed by atoms with E-state index in [4.69, 9.17) is 0 Å². The summed E-state index contributed by atoms with van der Waals surface area (Å²) in [5.41, 5.74) is 3.62. The molecule has 4 N–H and O–H groups in total. The maximum Gasteiger partial charge on any atom is 0.220 e. The van der Waals surface area contributed by atoms with Crippen LogP contribution in [0, 0.1) is 0 Å². The number of hydrogen-bond acceptors (Lipinski definition) is 4. The number of H-pyrrole nitrogens is 2. The normalized spacial score (nSPS) is 13.2. The first-order valence-electron chi connectivity index (χ1n) is 10.5. The summed E-state index contributed by atoms with van der Waals surface area (Å²) in [6.45, 7) is 3.77. The van der Waals surface area contributed by atoms with Crippen molar-refractivity contribution in [1.82, 2.24) is 30.6 Å². The van der Waals surface area contributed by atoms with Crippen LogP contribution in [-0.2, 0) is 9.59 Å². The lowest BCUT2D eigenvalue weighted by Gasteiger charge is -2.13. The van der Waals surface area contributed by atoms with Gasteiger partial charge in [0.2, 0.25) is 11.8 Å². The number of aromatic amines is 2. The van der Waals surface area contributed by atoms with E-state index in [0.717, 1.165) is 22.1 Å². The van der Waals surface area contributed by atoms with Crippen LogP contribution in [0.3, 0.4) is 0 Å². The molecular formula is C23H26N6O2. The molecule has 0 bridgehead atoms. The average molecular weight is 419 g/mol. The highest BCUT2D eigenvalue weighted by atomic mass is 16.2. The number of imidazole rings is 2. The summed E-state index contributed by atoms with van der Waals surface area (Å²) >= 11 is 0. The van der Waals surface area contributed by atoms with Gasteiger partial charge in [-0.25, -0.2) is 9.97 Å². The van der Waals surface area contributed by atoms with Crippen molar-refractivity contribution < 1.29 is 9.59 Å². The minimum absolute atomic E-state index is 0.105. The molecule has 0 spiro atoms. The van der Waals surface area contributed by atoms with Crippen molar-refractivity contribution in [2.75, 3.05) is 0 Å².